The van der Waals surface area contributed by atoms with Crippen LogP contribution in [0.5, 0.6) is 5.75 Å². The van der Waals surface area contributed by atoms with Gasteiger partial charge in [-0.15, -0.1) is 0 Å². The standard InChI is InChI=1S/C22H23NO2S2/c1-4-5-12-25-18-9-7-17(8-10-18)14-20-21(24)23(22(26)27-20)19-11-6-15(2)13-16(19)3/h6-11,13-14H,4-5,12H2,1-3H3. The molecule has 3 nitrogen and oxygen atoms in total. The Morgan fingerprint density at radius 3 is 2.56 bits per heavy atom. The van der Waals surface area contributed by atoms with Crippen LogP contribution in [-0.4, -0.2) is 16.8 Å². The molecular formula is C22H23NO2S2. The van der Waals surface area contributed by atoms with Gasteiger partial charge in [-0.3, -0.25) is 9.69 Å². The van der Waals surface area contributed by atoms with E-state index in [-0.39, 0.29) is 5.91 Å². The Hall–Kier alpha value is -2.11. The number of benzene rings is 2. The molecule has 0 saturated carbocycles. The minimum atomic E-state index is -0.0692. The van der Waals surface area contributed by atoms with Crippen molar-refractivity contribution in [2.45, 2.75) is 33.6 Å². The molecular weight excluding hydrogens is 374 g/mol. The zero-order valence-electron chi connectivity index (χ0n) is 15.8. The summed E-state index contributed by atoms with van der Waals surface area (Å²) in [4.78, 5) is 15.2. The van der Waals surface area contributed by atoms with E-state index in [0.717, 1.165) is 42.0 Å². The Bertz CT molecular complexity index is 888. The lowest BCUT2D eigenvalue weighted by Crippen LogP contribution is -2.28. The molecule has 5 heteroatoms. The Morgan fingerprint density at radius 1 is 1.15 bits per heavy atom. The summed E-state index contributed by atoms with van der Waals surface area (Å²) < 4.78 is 6.25. The first-order chi connectivity index (χ1) is 13.0. The highest BCUT2D eigenvalue weighted by Crippen LogP contribution is 2.37. The van der Waals surface area contributed by atoms with E-state index in [0.29, 0.717) is 9.23 Å². The number of nitrogens with zero attached hydrogens (tertiary/aromatic N) is 1. The predicted octanol–water partition coefficient (Wildman–Crippen LogP) is 5.89. The fourth-order valence-electron chi connectivity index (χ4n) is 2.88. The van der Waals surface area contributed by atoms with Gasteiger partial charge in [0, 0.05) is 0 Å². The maximum Gasteiger partial charge on any atom is 0.270 e. The summed E-state index contributed by atoms with van der Waals surface area (Å²) in [5.41, 5.74) is 4.02. The van der Waals surface area contributed by atoms with Crippen molar-refractivity contribution in [1.29, 1.82) is 0 Å². The third-order valence-electron chi connectivity index (χ3n) is 4.33. The first kappa shape index (κ1) is 19.6. The van der Waals surface area contributed by atoms with E-state index in [9.17, 15) is 4.79 Å². The number of thioether (sulfide) groups is 1. The minimum Gasteiger partial charge on any atom is -0.494 e. The number of amides is 1. The lowest BCUT2D eigenvalue weighted by Gasteiger charge is -2.17. The van der Waals surface area contributed by atoms with Gasteiger partial charge in [0.2, 0.25) is 0 Å². The Labute approximate surface area is 170 Å². The van der Waals surface area contributed by atoms with Crippen molar-refractivity contribution >= 4 is 46.0 Å². The summed E-state index contributed by atoms with van der Waals surface area (Å²) >= 11 is 6.82. The zero-order valence-corrected chi connectivity index (χ0v) is 17.5. The first-order valence-electron chi connectivity index (χ1n) is 9.07. The van der Waals surface area contributed by atoms with Gasteiger partial charge in [-0.05, 0) is 55.7 Å². The SMILES string of the molecule is CCCCOc1ccc(C=C2SC(=S)N(c3ccc(C)cc3C)C2=O)cc1. The van der Waals surface area contributed by atoms with Crippen LogP contribution < -0.4 is 9.64 Å². The summed E-state index contributed by atoms with van der Waals surface area (Å²) in [5, 5.41) is 0. The lowest BCUT2D eigenvalue weighted by molar-refractivity contribution is -0.113. The molecule has 27 heavy (non-hydrogen) atoms. The molecule has 0 radical (unpaired) electrons. The monoisotopic (exact) mass is 397 g/mol. The second-order valence-corrected chi connectivity index (χ2v) is 8.25. The minimum absolute atomic E-state index is 0.0692. The van der Waals surface area contributed by atoms with Crippen molar-refractivity contribution in [3.05, 3.63) is 64.1 Å². The maximum absolute atomic E-state index is 12.9. The van der Waals surface area contributed by atoms with Gasteiger partial charge in [-0.25, -0.2) is 0 Å². The number of carbonyl (C=O) groups is 1. The molecule has 0 N–H and O–H groups in total. The van der Waals surface area contributed by atoms with Crippen LogP contribution in [0, 0.1) is 13.8 Å². The molecule has 0 unspecified atom stereocenters. The van der Waals surface area contributed by atoms with Crippen LogP contribution in [-0.2, 0) is 4.79 Å². The van der Waals surface area contributed by atoms with Gasteiger partial charge in [0.25, 0.3) is 5.91 Å². The lowest BCUT2D eigenvalue weighted by atomic mass is 10.1. The van der Waals surface area contributed by atoms with Crippen molar-refractivity contribution in [1.82, 2.24) is 0 Å². The highest BCUT2D eigenvalue weighted by molar-refractivity contribution is 8.27. The van der Waals surface area contributed by atoms with Crippen LogP contribution in [0.25, 0.3) is 6.08 Å². The van der Waals surface area contributed by atoms with E-state index >= 15 is 0 Å². The Kier molecular flexibility index (Phi) is 6.34. The van der Waals surface area contributed by atoms with Gasteiger partial charge in [0.15, 0.2) is 4.32 Å². The Morgan fingerprint density at radius 2 is 1.89 bits per heavy atom. The Balaban J connectivity index is 1.78. The summed E-state index contributed by atoms with van der Waals surface area (Å²) in [6.45, 7) is 6.91. The van der Waals surface area contributed by atoms with Gasteiger partial charge in [-0.1, -0.05) is 67.2 Å². The number of ether oxygens (including phenoxy) is 1. The highest BCUT2D eigenvalue weighted by atomic mass is 32.2. The van der Waals surface area contributed by atoms with Gasteiger partial charge >= 0.3 is 0 Å². The largest absolute Gasteiger partial charge is 0.494 e. The molecule has 1 saturated heterocycles. The quantitative estimate of drug-likeness (QED) is 0.345. The number of anilines is 1. The normalized spacial score (nSPS) is 15.7. The molecule has 0 atom stereocenters. The van der Waals surface area contributed by atoms with Crippen molar-refractivity contribution in [3.63, 3.8) is 0 Å². The average molecular weight is 398 g/mol. The molecule has 0 spiro atoms. The number of hydrogen-bond donors (Lipinski definition) is 0. The van der Waals surface area contributed by atoms with Crippen molar-refractivity contribution in [2.24, 2.45) is 0 Å². The zero-order chi connectivity index (χ0) is 19.4. The number of unbranched alkanes of at least 4 members (excludes halogenated alkanes) is 1. The van der Waals surface area contributed by atoms with E-state index in [1.165, 1.54) is 17.3 Å². The third kappa shape index (κ3) is 4.60. The molecule has 3 rings (SSSR count). The molecule has 1 amide bonds. The van der Waals surface area contributed by atoms with E-state index in [1.807, 2.05) is 56.3 Å². The van der Waals surface area contributed by atoms with E-state index in [2.05, 4.69) is 13.0 Å². The summed E-state index contributed by atoms with van der Waals surface area (Å²) in [5.74, 6) is 0.781. The van der Waals surface area contributed by atoms with Gasteiger partial charge in [0.1, 0.15) is 5.75 Å². The number of hydrogen-bond acceptors (Lipinski definition) is 4. The molecule has 2 aromatic rings. The fourth-order valence-corrected chi connectivity index (χ4v) is 4.16. The van der Waals surface area contributed by atoms with Crippen LogP contribution in [0.3, 0.4) is 0 Å². The van der Waals surface area contributed by atoms with Gasteiger partial charge in [-0.2, -0.15) is 0 Å². The van der Waals surface area contributed by atoms with Crippen molar-refractivity contribution in [2.75, 3.05) is 11.5 Å². The van der Waals surface area contributed by atoms with Gasteiger partial charge in [0.05, 0.1) is 17.2 Å². The molecule has 1 aliphatic heterocycles. The maximum atomic E-state index is 12.9. The highest BCUT2D eigenvalue weighted by Gasteiger charge is 2.33. The molecule has 0 bridgehead atoms. The molecule has 1 fully saturated rings. The van der Waals surface area contributed by atoms with Crippen molar-refractivity contribution < 1.29 is 9.53 Å². The van der Waals surface area contributed by atoms with E-state index in [1.54, 1.807) is 4.90 Å². The third-order valence-corrected chi connectivity index (χ3v) is 5.63. The number of rotatable bonds is 6. The summed E-state index contributed by atoms with van der Waals surface area (Å²) in [6.07, 6.45) is 4.04. The number of carbonyl (C=O) groups excluding carboxylic acids is 1. The predicted molar refractivity (Wildman–Crippen MR) is 118 cm³/mol. The number of thiocarbonyl (C=S) groups is 1. The van der Waals surface area contributed by atoms with Gasteiger partial charge < -0.3 is 4.74 Å². The molecule has 0 aromatic heterocycles. The van der Waals surface area contributed by atoms with Crippen LogP contribution in [0.1, 0.15) is 36.5 Å². The molecule has 2 aromatic carbocycles. The molecule has 140 valence electrons. The fraction of sp³-hybridized carbons (Fsp3) is 0.273. The van der Waals surface area contributed by atoms with Crippen LogP contribution in [0.15, 0.2) is 47.4 Å². The van der Waals surface area contributed by atoms with E-state index in [4.69, 9.17) is 17.0 Å². The van der Waals surface area contributed by atoms with Crippen molar-refractivity contribution in [3.8, 4) is 5.75 Å². The smallest absolute Gasteiger partial charge is 0.270 e. The molecule has 1 heterocycles. The van der Waals surface area contributed by atoms with E-state index < -0.39 is 0 Å². The first-order valence-corrected chi connectivity index (χ1v) is 10.3. The summed E-state index contributed by atoms with van der Waals surface area (Å²) in [6, 6.07) is 13.8. The molecule has 1 aliphatic rings. The topological polar surface area (TPSA) is 29.5 Å². The molecule has 0 aliphatic carbocycles. The summed E-state index contributed by atoms with van der Waals surface area (Å²) in [7, 11) is 0. The van der Waals surface area contributed by atoms with Crippen LogP contribution >= 0.6 is 24.0 Å². The average Bonchev–Trinajstić information content (AvgIpc) is 2.91. The number of aryl methyl sites for hydroxylation is 2. The second-order valence-electron chi connectivity index (χ2n) is 6.58. The van der Waals surface area contributed by atoms with Crippen LogP contribution in [0.2, 0.25) is 0 Å². The van der Waals surface area contributed by atoms with Crippen LogP contribution in [0.4, 0.5) is 5.69 Å². The second kappa shape index (κ2) is 8.72.